The smallest absolute Gasteiger partial charge is 0.348 e. The van der Waals surface area contributed by atoms with Gasteiger partial charge in [-0.3, -0.25) is 4.79 Å². The molecular weight excluding hydrogens is 277 g/mol. The van der Waals surface area contributed by atoms with E-state index in [-0.39, 0.29) is 6.54 Å². The Bertz CT molecular complexity index is 433. The Morgan fingerprint density at radius 1 is 1.32 bits per heavy atom. The Kier molecular flexibility index (Phi) is 4.44. The molecule has 2 rings (SSSR count). The van der Waals surface area contributed by atoms with Crippen LogP contribution in [0, 0.1) is 0 Å². The van der Waals surface area contributed by atoms with Crippen LogP contribution in [-0.4, -0.2) is 23.6 Å². The molecule has 0 bridgehead atoms. The predicted molar refractivity (Wildman–Crippen MR) is 66.1 cm³/mol. The number of nitrogens with zero attached hydrogens (tertiary/aromatic N) is 1. The van der Waals surface area contributed by atoms with E-state index in [0.717, 1.165) is 30.0 Å². The van der Waals surface area contributed by atoms with Crippen LogP contribution in [0.15, 0.2) is 0 Å². The summed E-state index contributed by atoms with van der Waals surface area (Å²) in [6, 6.07) is 0. The normalized spacial score (nSPS) is 15.1. The van der Waals surface area contributed by atoms with Gasteiger partial charge in [-0.15, -0.1) is 11.3 Å². The molecule has 0 fully saturated rings. The van der Waals surface area contributed by atoms with Gasteiger partial charge in [-0.05, 0) is 32.1 Å². The SMILES string of the molecule is O=C(NCCCc1nc2c(s1)CCCC2)C(F)(F)F. The Labute approximate surface area is 113 Å². The third-order valence-electron chi connectivity index (χ3n) is 3.00. The maximum Gasteiger partial charge on any atom is 0.471 e. The molecule has 7 heteroatoms. The molecule has 0 saturated heterocycles. The van der Waals surface area contributed by atoms with Crippen molar-refractivity contribution in [2.24, 2.45) is 0 Å². The standard InChI is InChI=1S/C12H15F3N2OS/c13-12(14,15)11(18)16-7-3-6-10-17-8-4-1-2-5-9(8)19-10/h1-7H2,(H,16,18). The number of alkyl halides is 3. The largest absolute Gasteiger partial charge is 0.471 e. The summed E-state index contributed by atoms with van der Waals surface area (Å²) in [5.41, 5.74) is 1.16. The number of rotatable bonds is 4. The van der Waals surface area contributed by atoms with E-state index in [1.165, 1.54) is 11.3 Å². The van der Waals surface area contributed by atoms with Gasteiger partial charge in [0.05, 0.1) is 10.7 Å². The van der Waals surface area contributed by atoms with Crippen LogP contribution in [0.3, 0.4) is 0 Å². The molecule has 1 aromatic rings. The van der Waals surface area contributed by atoms with Crippen molar-refractivity contribution >= 4 is 17.2 Å². The minimum atomic E-state index is -4.79. The molecule has 3 nitrogen and oxygen atoms in total. The fourth-order valence-corrected chi connectivity index (χ4v) is 3.25. The van der Waals surface area contributed by atoms with Crippen LogP contribution in [0.1, 0.15) is 34.8 Å². The molecule has 19 heavy (non-hydrogen) atoms. The van der Waals surface area contributed by atoms with Gasteiger partial charge < -0.3 is 5.32 Å². The Morgan fingerprint density at radius 2 is 2.05 bits per heavy atom. The summed E-state index contributed by atoms with van der Waals surface area (Å²) in [5, 5.41) is 2.83. The lowest BCUT2D eigenvalue weighted by Crippen LogP contribution is -2.37. The van der Waals surface area contributed by atoms with Crippen LogP contribution in [-0.2, 0) is 24.1 Å². The van der Waals surface area contributed by atoms with Crippen molar-refractivity contribution in [2.75, 3.05) is 6.54 Å². The number of carbonyl (C=O) groups is 1. The molecule has 0 spiro atoms. The zero-order valence-corrected chi connectivity index (χ0v) is 11.2. The monoisotopic (exact) mass is 292 g/mol. The molecule has 0 atom stereocenters. The molecule has 1 aliphatic rings. The van der Waals surface area contributed by atoms with E-state index in [1.54, 1.807) is 11.3 Å². The molecule has 0 unspecified atom stereocenters. The number of nitrogens with one attached hydrogen (secondary N) is 1. The van der Waals surface area contributed by atoms with Gasteiger partial charge in [-0.2, -0.15) is 13.2 Å². The Balaban J connectivity index is 1.74. The van der Waals surface area contributed by atoms with E-state index < -0.39 is 12.1 Å². The fourth-order valence-electron chi connectivity index (χ4n) is 2.05. The van der Waals surface area contributed by atoms with E-state index in [2.05, 4.69) is 4.98 Å². The molecule has 0 saturated carbocycles. The first-order chi connectivity index (χ1) is 8.97. The lowest BCUT2D eigenvalue weighted by Gasteiger charge is -2.06. The first kappa shape index (κ1) is 14.3. The third kappa shape index (κ3) is 3.92. The van der Waals surface area contributed by atoms with Crippen molar-refractivity contribution in [1.82, 2.24) is 10.3 Å². The van der Waals surface area contributed by atoms with E-state index in [4.69, 9.17) is 0 Å². The first-order valence-corrected chi connectivity index (χ1v) is 7.11. The van der Waals surface area contributed by atoms with Crippen LogP contribution in [0.4, 0.5) is 13.2 Å². The highest BCUT2D eigenvalue weighted by atomic mass is 32.1. The highest BCUT2D eigenvalue weighted by Gasteiger charge is 2.38. The first-order valence-electron chi connectivity index (χ1n) is 6.29. The lowest BCUT2D eigenvalue weighted by atomic mass is 10.0. The molecule has 0 aliphatic heterocycles. The number of aryl methyl sites for hydroxylation is 3. The van der Waals surface area contributed by atoms with Crippen molar-refractivity contribution < 1.29 is 18.0 Å². The van der Waals surface area contributed by atoms with Crippen molar-refractivity contribution in [3.63, 3.8) is 0 Å². The molecule has 0 aromatic carbocycles. The zero-order chi connectivity index (χ0) is 13.9. The van der Waals surface area contributed by atoms with E-state index in [0.29, 0.717) is 12.8 Å². The maximum absolute atomic E-state index is 11.9. The van der Waals surface area contributed by atoms with Gasteiger partial charge in [-0.25, -0.2) is 4.98 Å². The molecule has 1 amide bonds. The van der Waals surface area contributed by atoms with Gasteiger partial charge in [0.1, 0.15) is 0 Å². The van der Waals surface area contributed by atoms with Gasteiger partial charge in [0, 0.05) is 17.8 Å². The zero-order valence-electron chi connectivity index (χ0n) is 10.3. The summed E-state index contributed by atoms with van der Waals surface area (Å²) in [6.07, 6.45) is 0.743. The highest BCUT2D eigenvalue weighted by Crippen LogP contribution is 2.27. The average molecular weight is 292 g/mol. The quantitative estimate of drug-likeness (QED) is 0.867. The van der Waals surface area contributed by atoms with E-state index in [1.807, 2.05) is 5.32 Å². The number of fused-ring (bicyclic) bond motifs is 1. The second-order valence-corrected chi connectivity index (χ2v) is 5.71. The Morgan fingerprint density at radius 3 is 2.74 bits per heavy atom. The lowest BCUT2D eigenvalue weighted by molar-refractivity contribution is -0.173. The molecule has 1 N–H and O–H groups in total. The minimum absolute atomic E-state index is 0.0303. The molecular formula is C12H15F3N2OS. The summed E-state index contributed by atoms with van der Waals surface area (Å²) in [6.45, 7) is 0.0303. The Hall–Kier alpha value is -1.11. The number of halogens is 3. The van der Waals surface area contributed by atoms with Gasteiger partial charge in [-0.1, -0.05) is 0 Å². The van der Waals surface area contributed by atoms with Gasteiger partial charge >= 0.3 is 12.1 Å². The average Bonchev–Trinajstić information content (AvgIpc) is 2.75. The summed E-state index contributed by atoms with van der Waals surface area (Å²) < 4.78 is 35.8. The molecule has 1 heterocycles. The number of amides is 1. The van der Waals surface area contributed by atoms with E-state index >= 15 is 0 Å². The number of hydrogen-bond acceptors (Lipinski definition) is 3. The van der Waals surface area contributed by atoms with Crippen molar-refractivity contribution in [3.8, 4) is 0 Å². The fraction of sp³-hybridized carbons (Fsp3) is 0.667. The number of carbonyl (C=O) groups excluding carboxylic acids is 1. The van der Waals surface area contributed by atoms with Gasteiger partial charge in [0.2, 0.25) is 0 Å². The van der Waals surface area contributed by atoms with Gasteiger partial charge in [0.15, 0.2) is 0 Å². The number of aromatic nitrogens is 1. The highest BCUT2D eigenvalue weighted by molar-refractivity contribution is 7.11. The second-order valence-electron chi connectivity index (χ2n) is 4.54. The number of thiazole rings is 1. The maximum atomic E-state index is 11.9. The van der Waals surface area contributed by atoms with Crippen LogP contribution in [0.2, 0.25) is 0 Å². The van der Waals surface area contributed by atoms with Gasteiger partial charge in [0.25, 0.3) is 0 Å². The van der Waals surface area contributed by atoms with Crippen molar-refractivity contribution in [1.29, 1.82) is 0 Å². The summed E-state index contributed by atoms with van der Waals surface area (Å²) in [7, 11) is 0. The molecule has 106 valence electrons. The van der Waals surface area contributed by atoms with Crippen molar-refractivity contribution in [2.45, 2.75) is 44.7 Å². The second kappa shape index (κ2) is 5.90. The molecule has 0 radical (unpaired) electrons. The van der Waals surface area contributed by atoms with E-state index in [9.17, 15) is 18.0 Å². The van der Waals surface area contributed by atoms with Crippen LogP contribution < -0.4 is 5.32 Å². The predicted octanol–water partition coefficient (Wildman–Crippen LogP) is 2.63. The molecule has 1 aromatic heterocycles. The topological polar surface area (TPSA) is 42.0 Å². The van der Waals surface area contributed by atoms with Crippen LogP contribution >= 0.6 is 11.3 Å². The van der Waals surface area contributed by atoms with Crippen LogP contribution in [0.25, 0.3) is 0 Å². The summed E-state index contributed by atoms with van der Waals surface area (Å²) in [5.74, 6) is -1.87. The molecule has 1 aliphatic carbocycles. The number of hydrogen-bond donors (Lipinski definition) is 1. The third-order valence-corrected chi connectivity index (χ3v) is 4.22. The summed E-state index contributed by atoms with van der Waals surface area (Å²) in [4.78, 5) is 16.4. The minimum Gasteiger partial charge on any atom is -0.348 e. The van der Waals surface area contributed by atoms with Crippen LogP contribution in [0.5, 0.6) is 0 Å². The van der Waals surface area contributed by atoms with Crippen molar-refractivity contribution in [3.05, 3.63) is 15.6 Å². The summed E-state index contributed by atoms with van der Waals surface area (Å²) >= 11 is 1.65.